The minimum Gasteiger partial charge on any atom is -0.399 e. The van der Waals surface area contributed by atoms with Gasteiger partial charge in [0.15, 0.2) is 0 Å². The number of halogens is 1. The standard InChI is InChI=1S/C14H21BrN2O3/c1-19-8-3-6-17(7-9-20-2)14(18)12-10-11(16)4-5-13(12)15/h4-5,10H,3,6-9,16H2,1-2H3. The Morgan fingerprint density at radius 1 is 1.25 bits per heavy atom. The van der Waals surface area contributed by atoms with E-state index >= 15 is 0 Å². The van der Waals surface area contributed by atoms with Crippen LogP contribution in [0.4, 0.5) is 5.69 Å². The number of nitrogen functional groups attached to an aromatic ring is 1. The molecule has 112 valence electrons. The number of hydrogen-bond donors (Lipinski definition) is 1. The maximum absolute atomic E-state index is 12.6. The number of rotatable bonds is 8. The molecule has 0 fully saturated rings. The van der Waals surface area contributed by atoms with Crippen molar-refractivity contribution in [1.82, 2.24) is 4.90 Å². The van der Waals surface area contributed by atoms with Crippen molar-refractivity contribution in [2.45, 2.75) is 6.42 Å². The van der Waals surface area contributed by atoms with Crippen LogP contribution in [0.3, 0.4) is 0 Å². The molecule has 0 aliphatic heterocycles. The molecule has 20 heavy (non-hydrogen) atoms. The number of hydrogen-bond acceptors (Lipinski definition) is 4. The third-order valence-electron chi connectivity index (χ3n) is 2.85. The fourth-order valence-corrected chi connectivity index (χ4v) is 2.21. The maximum Gasteiger partial charge on any atom is 0.255 e. The number of ether oxygens (including phenoxy) is 2. The van der Waals surface area contributed by atoms with Crippen molar-refractivity contribution >= 4 is 27.5 Å². The Balaban J connectivity index is 2.82. The molecule has 0 radical (unpaired) electrons. The molecule has 0 aliphatic rings. The Morgan fingerprint density at radius 3 is 2.60 bits per heavy atom. The summed E-state index contributed by atoms with van der Waals surface area (Å²) in [6, 6.07) is 5.22. The summed E-state index contributed by atoms with van der Waals surface area (Å²) in [6.07, 6.45) is 0.784. The van der Waals surface area contributed by atoms with Crippen molar-refractivity contribution in [2.24, 2.45) is 0 Å². The molecular weight excluding hydrogens is 324 g/mol. The van der Waals surface area contributed by atoms with Crippen LogP contribution in [-0.2, 0) is 9.47 Å². The quantitative estimate of drug-likeness (QED) is 0.579. The first kappa shape index (κ1) is 16.9. The molecule has 0 unspecified atom stereocenters. The predicted molar refractivity (Wildman–Crippen MR) is 82.8 cm³/mol. The molecule has 1 amide bonds. The van der Waals surface area contributed by atoms with Crippen LogP contribution in [0.1, 0.15) is 16.8 Å². The first-order valence-electron chi connectivity index (χ1n) is 6.42. The van der Waals surface area contributed by atoms with Gasteiger partial charge in [0.25, 0.3) is 5.91 Å². The third kappa shape index (κ3) is 5.11. The second-order valence-corrected chi connectivity index (χ2v) is 5.22. The van der Waals surface area contributed by atoms with Crippen LogP contribution in [0, 0.1) is 0 Å². The zero-order valence-electron chi connectivity index (χ0n) is 11.9. The summed E-state index contributed by atoms with van der Waals surface area (Å²) >= 11 is 3.39. The summed E-state index contributed by atoms with van der Waals surface area (Å²) < 4.78 is 10.8. The summed E-state index contributed by atoms with van der Waals surface area (Å²) in [5.74, 6) is -0.0580. The summed E-state index contributed by atoms with van der Waals surface area (Å²) in [5.41, 5.74) is 6.89. The van der Waals surface area contributed by atoms with Crippen LogP contribution in [0.15, 0.2) is 22.7 Å². The highest BCUT2D eigenvalue weighted by Crippen LogP contribution is 2.21. The Labute approximate surface area is 128 Å². The van der Waals surface area contributed by atoms with E-state index < -0.39 is 0 Å². The number of nitrogens with two attached hydrogens (primary N) is 1. The average molecular weight is 345 g/mol. The fourth-order valence-electron chi connectivity index (χ4n) is 1.79. The summed E-state index contributed by atoms with van der Waals surface area (Å²) in [7, 11) is 3.27. The summed E-state index contributed by atoms with van der Waals surface area (Å²) in [5, 5.41) is 0. The van der Waals surface area contributed by atoms with Gasteiger partial charge in [-0.3, -0.25) is 4.79 Å². The first-order chi connectivity index (χ1) is 9.60. The van der Waals surface area contributed by atoms with Crippen LogP contribution >= 0.6 is 15.9 Å². The molecule has 2 N–H and O–H groups in total. The number of methoxy groups -OCH3 is 2. The molecular formula is C14H21BrN2O3. The fraction of sp³-hybridized carbons (Fsp3) is 0.500. The maximum atomic E-state index is 12.6. The number of anilines is 1. The third-order valence-corrected chi connectivity index (χ3v) is 3.54. The normalized spacial score (nSPS) is 10.6. The van der Waals surface area contributed by atoms with Crippen molar-refractivity contribution < 1.29 is 14.3 Å². The second kappa shape index (κ2) is 8.94. The van der Waals surface area contributed by atoms with Crippen molar-refractivity contribution in [1.29, 1.82) is 0 Å². The Kier molecular flexibility index (Phi) is 7.58. The lowest BCUT2D eigenvalue weighted by atomic mass is 10.1. The Bertz CT molecular complexity index is 440. The van der Waals surface area contributed by atoms with Gasteiger partial charge in [-0.2, -0.15) is 0 Å². The van der Waals surface area contributed by atoms with Gasteiger partial charge in [0.05, 0.1) is 12.2 Å². The lowest BCUT2D eigenvalue weighted by Crippen LogP contribution is -2.35. The highest BCUT2D eigenvalue weighted by atomic mass is 79.9. The van der Waals surface area contributed by atoms with Crippen LogP contribution < -0.4 is 5.73 Å². The Morgan fingerprint density at radius 2 is 1.95 bits per heavy atom. The van der Waals surface area contributed by atoms with Crippen molar-refractivity contribution in [3.8, 4) is 0 Å². The molecule has 1 aromatic carbocycles. The highest BCUT2D eigenvalue weighted by molar-refractivity contribution is 9.10. The topological polar surface area (TPSA) is 64.8 Å². The van der Waals surface area contributed by atoms with Gasteiger partial charge >= 0.3 is 0 Å². The van der Waals surface area contributed by atoms with Crippen LogP contribution in [0.2, 0.25) is 0 Å². The van der Waals surface area contributed by atoms with Crippen LogP contribution in [0.5, 0.6) is 0 Å². The van der Waals surface area contributed by atoms with E-state index in [0.717, 1.165) is 10.9 Å². The molecule has 0 spiro atoms. The van der Waals surface area contributed by atoms with Crippen molar-refractivity contribution in [2.75, 3.05) is 46.3 Å². The van der Waals surface area contributed by atoms with E-state index in [0.29, 0.717) is 37.6 Å². The highest BCUT2D eigenvalue weighted by Gasteiger charge is 2.18. The lowest BCUT2D eigenvalue weighted by Gasteiger charge is -2.23. The van der Waals surface area contributed by atoms with E-state index in [-0.39, 0.29) is 5.91 Å². The minimum atomic E-state index is -0.0580. The number of benzene rings is 1. The van der Waals surface area contributed by atoms with Crippen LogP contribution in [-0.4, -0.2) is 51.3 Å². The van der Waals surface area contributed by atoms with Gasteiger partial charge in [-0.15, -0.1) is 0 Å². The van der Waals surface area contributed by atoms with Crippen LogP contribution in [0.25, 0.3) is 0 Å². The van der Waals surface area contributed by atoms with E-state index in [1.165, 1.54) is 0 Å². The molecule has 0 aromatic heterocycles. The molecule has 0 bridgehead atoms. The number of carbonyl (C=O) groups excluding carboxylic acids is 1. The SMILES string of the molecule is COCCCN(CCOC)C(=O)c1cc(N)ccc1Br. The summed E-state index contributed by atoms with van der Waals surface area (Å²) in [6.45, 7) is 2.28. The van der Waals surface area contributed by atoms with Gasteiger partial charge in [-0.25, -0.2) is 0 Å². The predicted octanol–water partition coefficient (Wildman–Crippen LogP) is 2.16. The van der Waals surface area contributed by atoms with Gasteiger partial charge in [0.1, 0.15) is 0 Å². The zero-order chi connectivity index (χ0) is 15.0. The molecule has 0 saturated carbocycles. The molecule has 0 saturated heterocycles. The molecule has 1 rings (SSSR count). The van der Waals surface area contributed by atoms with Gasteiger partial charge < -0.3 is 20.1 Å². The molecule has 5 nitrogen and oxygen atoms in total. The van der Waals surface area contributed by atoms with E-state index in [9.17, 15) is 4.79 Å². The van der Waals surface area contributed by atoms with Gasteiger partial charge in [0, 0.05) is 44.1 Å². The van der Waals surface area contributed by atoms with E-state index in [1.54, 1.807) is 37.3 Å². The second-order valence-electron chi connectivity index (χ2n) is 4.37. The monoisotopic (exact) mass is 344 g/mol. The summed E-state index contributed by atoms with van der Waals surface area (Å²) in [4.78, 5) is 14.3. The molecule has 0 atom stereocenters. The lowest BCUT2D eigenvalue weighted by molar-refractivity contribution is 0.0673. The van der Waals surface area contributed by atoms with Gasteiger partial charge in [-0.1, -0.05) is 0 Å². The smallest absolute Gasteiger partial charge is 0.255 e. The minimum absolute atomic E-state index is 0.0580. The van der Waals surface area contributed by atoms with Crippen molar-refractivity contribution in [3.05, 3.63) is 28.2 Å². The number of carbonyl (C=O) groups is 1. The van der Waals surface area contributed by atoms with E-state index in [1.807, 2.05) is 0 Å². The molecule has 1 aromatic rings. The largest absolute Gasteiger partial charge is 0.399 e. The van der Waals surface area contributed by atoms with Crippen molar-refractivity contribution in [3.63, 3.8) is 0 Å². The van der Waals surface area contributed by atoms with E-state index in [4.69, 9.17) is 15.2 Å². The first-order valence-corrected chi connectivity index (χ1v) is 7.21. The zero-order valence-corrected chi connectivity index (χ0v) is 13.5. The van der Waals surface area contributed by atoms with E-state index in [2.05, 4.69) is 15.9 Å². The number of nitrogens with zero attached hydrogens (tertiary/aromatic N) is 1. The average Bonchev–Trinajstić information content (AvgIpc) is 2.44. The number of amides is 1. The molecule has 0 heterocycles. The van der Waals surface area contributed by atoms with Gasteiger partial charge in [0.2, 0.25) is 0 Å². The van der Waals surface area contributed by atoms with Gasteiger partial charge in [-0.05, 0) is 40.5 Å². The molecule has 0 aliphatic carbocycles. The molecule has 6 heteroatoms. The Hall–Kier alpha value is -1.11.